The first kappa shape index (κ1) is 16.4. The Labute approximate surface area is 135 Å². The van der Waals surface area contributed by atoms with Gasteiger partial charge in [0.1, 0.15) is 0 Å². The van der Waals surface area contributed by atoms with Crippen molar-refractivity contribution in [1.82, 2.24) is 9.88 Å². The van der Waals surface area contributed by atoms with Gasteiger partial charge in [0.15, 0.2) is 0 Å². The Morgan fingerprint density at radius 3 is 2.65 bits per heavy atom. The van der Waals surface area contributed by atoms with Crippen LogP contribution in [-0.2, 0) is 4.79 Å². The molecule has 0 saturated carbocycles. The molecule has 0 unspecified atom stereocenters. The van der Waals surface area contributed by atoms with Gasteiger partial charge in [-0.05, 0) is 42.3 Å². The average molecular weight is 309 g/mol. The molecular formula is C18H19N3O2. The molecule has 118 valence electrons. The maximum Gasteiger partial charge on any atom is 0.253 e. The van der Waals surface area contributed by atoms with Crippen molar-refractivity contribution in [1.29, 1.82) is 0 Å². The third-order valence-electron chi connectivity index (χ3n) is 3.26. The largest absolute Gasteiger partial charge is 0.345 e. The van der Waals surface area contributed by atoms with Crippen LogP contribution >= 0.6 is 0 Å². The molecule has 2 rings (SSSR count). The third kappa shape index (κ3) is 4.51. The van der Waals surface area contributed by atoms with Gasteiger partial charge < -0.3 is 10.2 Å². The summed E-state index contributed by atoms with van der Waals surface area (Å²) in [6.45, 7) is 1.88. The second-order valence-corrected chi connectivity index (χ2v) is 5.34. The summed E-state index contributed by atoms with van der Waals surface area (Å²) in [6, 6.07) is 8.92. The van der Waals surface area contributed by atoms with E-state index in [-0.39, 0.29) is 11.8 Å². The number of anilines is 1. The molecule has 0 spiro atoms. The van der Waals surface area contributed by atoms with Crippen LogP contribution in [0.4, 0.5) is 5.69 Å². The fourth-order valence-corrected chi connectivity index (χ4v) is 1.97. The van der Waals surface area contributed by atoms with Gasteiger partial charge in [-0.15, -0.1) is 0 Å². The van der Waals surface area contributed by atoms with Gasteiger partial charge in [0.05, 0.1) is 0 Å². The molecular weight excluding hydrogens is 290 g/mol. The topological polar surface area (TPSA) is 62.3 Å². The molecule has 0 atom stereocenters. The molecule has 0 aliphatic carbocycles. The van der Waals surface area contributed by atoms with Gasteiger partial charge in [-0.3, -0.25) is 14.6 Å². The van der Waals surface area contributed by atoms with Crippen molar-refractivity contribution >= 4 is 23.6 Å². The lowest BCUT2D eigenvalue weighted by molar-refractivity contribution is -0.111. The van der Waals surface area contributed by atoms with E-state index >= 15 is 0 Å². The average Bonchev–Trinajstić information content (AvgIpc) is 2.55. The van der Waals surface area contributed by atoms with Crippen molar-refractivity contribution in [3.05, 3.63) is 65.5 Å². The second-order valence-electron chi connectivity index (χ2n) is 5.34. The molecule has 0 aliphatic rings. The molecule has 23 heavy (non-hydrogen) atoms. The number of hydrogen-bond acceptors (Lipinski definition) is 3. The number of benzene rings is 1. The van der Waals surface area contributed by atoms with Crippen molar-refractivity contribution in [3.63, 3.8) is 0 Å². The number of nitrogens with zero attached hydrogens (tertiary/aromatic N) is 2. The van der Waals surface area contributed by atoms with E-state index in [1.807, 2.05) is 19.1 Å². The Balaban J connectivity index is 2.13. The lowest BCUT2D eigenvalue weighted by atomic mass is 10.1. The van der Waals surface area contributed by atoms with Crippen LogP contribution in [0.2, 0.25) is 0 Å². The lowest BCUT2D eigenvalue weighted by Gasteiger charge is -2.13. The van der Waals surface area contributed by atoms with Gasteiger partial charge in [0.25, 0.3) is 5.91 Å². The molecule has 2 amide bonds. The number of carbonyl (C=O) groups excluding carboxylic acids is 2. The summed E-state index contributed by atoms with van der Waals surface area (Å²) in [6.07, 6.45) is 6.48. The van der Waals surface area contributed by atoms with Gasteiger partial charge in [-0.25, -0.2) is 0 Å². The number of hydrogen-bond donors (Lipinski definition) is 1. The molecule has 0 radical (unpaired) electrons. The standard InChI is InChI=1S/C18H19N3O2/c1-13-6-8-15(18(23)21(2)3)11-16(13)20-17(22)9-7-14-5-4-10-19-12-14/h4-12H,1-3H3,(H,20,22)/b9-7+. The number of rotatable bonds is 4. The number of aromatic nitrogens is 1. The van der Waals surface area contributed by atoms with E-state index in [1.54, 1.807) is 50.8 Å². The van der Waals surface area contributed by atoms with Crippen LogP contribution in [0.25, 0.3) is 6.08 Å². The molecule has 0 fully saturated rings. The van der Waals surface area contributed by atoms with Gasteiger partial charge >= 0.3 is 0 Å². The normalized spacial score (nSPS) is 10.6. The molecule has 2 aromatic rings. The van der Waals surface area contributed by atoms with Gasteiger partial charge in [-0.2, -0.15) is 0 Å². The Hall–Kier alpha value is -2.95. The van der Waals surface area contributed by atoms with Crippen molar-refractivity contribution in [2.24, 2.45) is 0 Å². The Bertz CT molecular complexity index is 737. The summed E-state index contributed by atoms with van der Waals surface area (Å²) in [5, 5.41) is 2.80. The van der Waals surface area contributed by atoms with E-state index in [1.165, 1.54) is 11.0 Å². The summed E-state index contributed by atoms with van der Waals surface area (Å²) in [5.74, 6) is -0.363. The minimum Gasteiger partial charge on any atom is -0.345 e. The van der Waals surface area contributed by atoms with Gasteiger partial charge in [0.2, 0.25) is 5.91 Å². The molecule has 0 aliphatic heterocycles. The number of pyridine rings is 1. The molecule has 1 aromatic heterocycles. The smallest absolute Gasteiger partial charge is 0.253 e. The Kier molecular flexibility index (Phi) is 5.25. The summed E-state index contributed by atoms with van der Waals surface area (Å²) >= 11 is 0. The summed E-state index contributed by atoms with van der Waals surface area (Å²) in [7, 11) is 3.38. The minimum atomic E-state index is -0.258. The van der Waals surface area contributed by atoms with Gasteiger partial charge in [-0.1, -0.05) is 12.1 Å². The molecule has 1 heterocycles. The first-order valence-electron chi connectivity index (χ1n) is 7.19. The monoisotopic (exact) mass is 309 g/mol. The van der Waals surface area contributed by atoms with Crippen LogP contribution in [0.15, 0.2) is 48.8 Å². The highest BCUT2D eigenvalue weighted by molar-refractivity contribution is 6.03. The first-order valence-corrected chi connectivity index (χ1v) is 7.19. The fourth-order valence-electron chi connectivity index (χ4n) is 1.97. The predicted molar refractivity (Wildman–Crippen MR) is 91.1 cm³/mol. The molecule has 5 heteroatoms. The molecule has 0 saturated heterocycles. The summed E-state index contributed by atoms with van der Waals surface area (Å²) in [4.78, 5) is 29.5. The summed E-state index contributed by atoms with van der Waals surface area (Å²) in [5.41, 5.74) is 2.89. The Morgan fingerprint density at radius 2 is 2.00 bits per heavy atom. The highest BCUT2D eigenvalue weighted by Gasteiger charge is 2.10. The first-order chi connectivity index (χ1) is 11.0. The summed E-state index contributed by atoms with van der Waals surface area (Å²) < 4.78 is 0. The lowest BCUT2D eigenvalue weighted by Crippen LogP contribution is -2.22. The Morgan fingerprint density at radius 1 is 1.22 bits per heavy atom. The van der Waals surface area contributed by atoms with E-state index in [0.717, 1.165) is 11.1 Å². The van der Waals surface area contributed by atoms with Crippen molar-refractivity contribution in [2.45, 2.75) is 6.92 Å². The zero-order valence-corrected chi connectivity index (χ0v) is 13.4. The number of amides is 2. The zero-order chi connectivity index (χ0) is 16.8. The van der Waals surface area contributed by atoms with Crippen LogP contribution in [0.1, 0.15) is 21.5 Å². The minimum absolute atomic E-state index is 0.105. The van der Waals surface area contributed by atoms with Crippen LogP contribution < -0.4 is 5.32 Å². The van der Waals surface area contributed by atoms with E-state index in [0.29, 0.717) is 11.3 Å². The predicted octanol–water partition coefficient (Wildman–Crippen LogP) is 2.74. The fraction of sp³-hybridized carbons (Fsp3) is 0.167. The highest BCUT2D eigenvalue weighted by Crippen LogP contribution is 2.18. The van der Waals surface area contributed by atoms with Crippen LogP contribution in [0.3, 0.4) is 0 Å². The highest BCUT2D eigenvalue weighted by atomic mass is 16.2. The molecule has 1 aromatic carbocycles. The molecule has 1 N–H and O–H groups in total. The third-order valence-corrected chi connectivity index (χ3v) is 3.26. The maximum atomic E-state index is 12.0. The van der Waals surface area contributed by atoms with E-state index in [2.05, 4.69) is 10.3 Å². The molecule has 5 nitrogen and oxygen atoms in total. The van der Waals surface area contributed by atoms with Crippen LogP contribution in [-0.4, -0.2) is 35.8 Å². The second kappa shape index (κ2) is 7.35. The number of carbonyl (C=O) groups is 2. The van der Waals surface area contributed by atoms with Crippen molar-refractivity contribution in [3.8, 4) is 0 Å². The number of aryl methyl sites for hydroxylation is 1. The van der Waals surface area contributed by atoms with Crippen molar-refractivity contribution in [2.75, 3.05) is 19.4 Å². The maximum absolute atomic E-state index is 12.0. The zero-order valence-electron chi connectivity index (χ0n) is 13.4. The SMILES string of the molecule is Cc1ccc(C(=O)N(C)C)cc1NC(=O)/C=C/c1cccnc1. The van der Waals surface area contributed by atoms with E-state index in [9.17, 15) is 9.59 Å². The van der Waals surface area contributed by atoms with Crippen molar-refractivity contribution < 1.29 is 9.59 Å². The number of nitrogens with one attached hydrogen (secondary N) is 1. The van der Waals surface area contributed by atoms with Crippen LogP contribution in [0.5, 0.6) is 0 Å². The quantitative estimate of drug-likeness (QED) is 0.883. The van der Waals surface area contributed by atoms with Crippen LogP contribution in [0, 0.1) is 6.92 Å². The molecule has 0 bridgehead atoms. The van der Waals surface area contributed by atoms with Gasteiger partial charge in [0, 0.05) is 43.8 Å². The van der Waals surface area contributed by atoms with E-state index in [4.69, 9.17) is 0 Å². The van der Waals surface area contributed by atoms with E-state index < -0.39 is 0 Å².